The quantitative estimate of drug-likeness (QED) is 0.590. The van der Waals surface area contributed by atoms with Crippen LogP contribution in [-0.2, 0) is 6.18 Å². The minimum atomic E-state index is -4.34. The van der Waals surface area contributed by atoms with E-state index in [0.29, 0.717) is 16.0 Å². The van der Waals surface area contributed by atoms with E-state index in [1.165, 1.54) is 34.8 Å². The third kappa shape index (κ3) is 2.15. The Balaban J connectivity index is 2.37. The highest BCUT2D eigenvalue weighted by Gasteiger charge is 2.32. The van der Waals surface area contributed by atoms with Crippen molar-refractivity contribution in [1.29, 1.82) is 0 Å². The SMILES string of the molecule is Cc1csc2cc(C(F)(F)F)cc(-c3cscn3)c12. The molecule has 0 bridgehead atoms. The molecule has 0 amide bonds. The standard InChI is InChI=1S/C13H8F3NS2/c1-7-4-19-11-3-8(13(14,15)16)2-9(12(7)11)10-5-18-6-17-10/h2-6H,1H3. The number of hydrogen-bond acceptors (Lipinski definition) is 3. The van der Waals surface area contributed by atoms with E-state index in [9.17, 15) is 13.2 Å². The van der Waals surface area contributed by atoms with Crippen molar-refractivity contribution < 1.29 is 13.2 Å². The minimum absolute atomic E-state index is 0.560. The molecule has 1 aromatic carbocycles. The van der Waals surface area contributed by atoms with Gasteiger partial charge < -0.3 is 0 Å². The second-order valence-electron chi connectivity index (χ2n) is 4.19. The van der Waals surface area contributed by atoms with Crippen LogP contribution in [0, 0.1) is 6.92 Å². The van der Waals surface area contributed by atoms with E-state index in [2.05, 4.69) is 4.98 Å². The lowest BCUT2D eigenvalue weighted by molar-refractivity contribution is -0.137. The topological polar surface area (TPSA) is 12.9 Å². The fourth-order valence-electron chi connectivity index (χ4n) is 2.04. The van der Waals surface area contributed by atoms with Crippen LogP contribution >= 0.6 is 22.7 Å². The van der Waals surface area contributed by atoms with Gasteiger partial charge in [0, 0.05) is 21.0 Å². The lowest BCUT2D eigenvalue weighted by atomic mass is 10.0. The van der Waals surface area contributed by atoms with Crippen molar-refractivity contribution in [3.8, 4) is 11.3 Å². The molecule has 19 heavy (non-hydrogen) atoms. The van der Waals surface area contributed by atoms with Gasteiger partial charge in [-0.25, -0.2) is 4.98 Å². The molecule has 0 saturated carbocycles. The Morgan fingerprint density at radius 1 is 1.16 bits per heavy atom. The molecule has 2 heterocycles. The second kappa shape index (κ2) is 4.31. The maximum Gasteiger partial charge on any atom is 0.416 e. The number of alkyl halides is 3. The van der Waals surface area contributed by atoms with Crippen LogP contribution in [-0.4, -0.2) is 4.98 Å². The first-order chi connectivity index (χ1) is 8.97. The highest BCUT2D eigenvalue weighted by Crippen LogP contribution is 2.40. The smallest absolute Gasteiger partial charge is 0.245 e. The number of halogens is 3. The molecule has 0 radical (unpaired) electrons. The first-order valence-electron chi connectivity index (χ1n) is 5.44. The van der Waals surface area contributed by atoms with E-state index >= 15 is 0 Å². The fourth-order valence-corrected chi connectivity index (χ4v) is 3.59. The predicted octanol–water partition coefficient (Wildman–Crippen LogP) is 5.35. The Morgan fingerprint density at radius 2 is 1.95 bits per heavy atom. The monoisotopic (exact) mass is 299 g/mol. The van der Waals surface area contributed by atoms with Crippen LogP contribution in [0.15, 0.2) is 28.4 Å². The number of thiazole rings is 1. The molecule has 0 aliphatic heterocycles. The number of fused-ring (bicyclic) bond motifs is 1. The molecule has 0 atom stereocenters. The summed E-state index contributed by atoms with van der Waals surface area (Å²) in [6.07, 6.45) is -4.34. The van der Waals surface area contributed by atoms with Crippen LogP contribution in [0.2, 0.25) is 0 Å². The first-order valence-corrected chi connectivity index (χ1v) is 7.26. The number of hydrogen-bond donors (Lipinski definition) is 0. The van der Waals surface area contributed by atoms with Gasteiger partial charge in [0.05, 0.1) is 16.8 Å². The second-order valence-corrected chi connectivity index (χ2v) is 5.82. The molecule has 0 spiro atoms. The Labute approximate surface area is 115 Å². The van der Waals surface area contributed by atoms with Crippen LogP contribution in [0.3, 0.4) is 0 Å². The molecular weight excluding hydrogens is 291 g/mol. The lowest BCUT2D eigenvalue weighted by Crippen LogP contribution is -2.04. The van der Waals surface area contributed by atoms with Crippen LogP contribution in [0.5, 0.6) is 0 Å². The highest BCUT2D eigenvalue weighted by atomic mass is 32.1. The van der Waals surface area contributed by atoms with Crippen LogP contribution in [0.4, 0.5) is 13.2 Å². The molecular formula is C13H8F3NS2. The van der Waals surface area contributed by atoms with E-state index in [0.717, 1.165) is 10.9 Å². The predicted molar refractivity (Wildman–Crippen MR) is 72.7 cm³/mol. The number of aryl methyl sites for hydroxylation is 1. The molecule has 3 rings (SSSR count). The largest absolute Gasteiger partial charge is 0.416 e. The van der Waals surface area contributed by atoms with Crippen LogP contribution < -0.4 is 0 Å². The van der Waals surface area contributed by atoms with Gasteiger partial charge in [0.1, 0.15) is 0 Å². The number of nitrogens with zero attached hydrogens (tertiary/aromatic N) is 1. The molecule has 2 aromatic heterocycles. The first kappa shape index (κ1) is 12.6. The van der Waals surface area contributed by atoms with E-state index in [1.54, 1.807) is 10.9 Å². The fraction of sp³-hybridized carbons (Fsp3) is 0.154. The van der Waals surface area contributed by atoms with Crippen molar-refractivity contribution in [2.75, 3.05) is 0 Å². The van der Waals surface area contributed by atoms with Crippen molar-refractivity contribution in [3.63, 3.8) is 0 Å². The zero-order valence-corrected chi connectivity index (χ0v) is 11.4. The van der Waals surface area contributed by atoms with Gasteiger partial charge in [-0.3, -0.25) is 0 Å². The normalized spacial score (nSPS) is 12.2. The van der Waals surface area contributed by atoms with Gasteiger partial charge in [0.2, 0.25) is 0 Å². The molecule has 0 aliphatic carbocycles. The average molecular weight is 299 g/mol. The summed E-state index contributed by atoms with van der Waals surface area (Å²) >= 11 is 2.71. The third-order valence-corrected chi connectivity index (χ3v) is 4.53. The third-order valence-electron chi connectivity index (χ3n) is 2.89. The van der Waals surface area contributed by atoms with Gasteiger partial charge in [-0.2, -0.15) is 13.2 Å². The Hall–Kier alpha value is -1.40. The van der Waals surface area contributed by atoms with Crippen molar-refractivity contribution in [1.82, 2.24) is 4.98 Å². The van der Waals surface area contributed by atoms with Crippen LogP contribution in [0.1, 0.15) is 11.1 Å². The Kier molecular flexibility index (Phi) is 2.87. The van der Waals surface area contributed by atoms with Gasteiger partial charge in [-0.15, -0.1) is 22.7 Å². The number of aromatic nitrogens is 1. The molecule has 1 nitrogen and oxygen atoms in total. The van der Waals surface area contributed by atoms with E-state index in [4.69, 9.17) is 0 Å². The van der Waals surface area contributed by atoms with Crippen molar-refractivity contribution in [3.05, 3.63) is 39.5 Å². The molecule has 3 aromatic rings. The maximum atomic E-state index is 12.9. The minimum Gasteiger partial charge on any atom is -0.245 e. The summed E-state index contributed by atoms with van der Waals surface area (Å²) in [7, 11) is 0. The maximum absolute atomic E-state index is 12.9. The number of thiophene rings is 1. The molecule has 0 N–H and O–H groups in total. The van der Waals surface area contributed by atoms with Gasteiger partial charge >= 0.3 is 6.18 Å². The summed E-state index contributed by atoms with van der Waals surface area (Å²) in [6.45, 7) is 1.90. The van der Waals surface area contributed by atoms with E-state index in [1.807, 2.05) is 12.3 Å². The summed E-state index contributed by atoms with van der Waals surface area (Å²) in [5.41, 5.74) is 3.15. The Morgan fingerprint density at radius 3 is 2.58 bits per heavy atom. The number of rotatable bonds is 1. The summed E-state index contributed by atoms with van der Waals surface area (Å²) < 4.78 is 39.4. The average Bonchev–Trinajstić information content (AvgIpc) is 2.97. The summed E-state index contributed by atoms with van der Waals surface area (Å²) in [5, 5.41) is 4.51. The van der Waals surface area contributed by atoms with Crippen LogP contribution in [0.25, 0.3) is 21.3 Å². The van der Waals surface area contributed by atoms with Crippen molar-refractivity contribution >= 4 is 32.8 Å². The highest BCUT2D eigenvalue weighted by molar-refractivity contribution is 7.17. The molecule has 0 unspecified atom stereocenters. The van der Waals surface area contributed by atoms with E-state index < -0.39 is 11.7 Å². The number of benzene rings is 1. The van der Waals surface area contributed by atoms with Gasteiger partial charge in [-0.1, -0.05) is 0 Å². The zero-order valence-electron chi connectivity index (χ0n) is 9.78. The summed E-state index contributed by atoms with van der Waals surface area (Å²) in [5.74, 6) is 0. The molecule has 98 valence electrons. The van der Waals surface area contributed by atoms with Gasteiger partial charge in [0.25, 0.3) is 0 Å². The summed E-state index contributed by atoms with van der Waals surface area (Å²) in [6, 6.07) is 2.40. The Bertz CT molecular complexity index is 726. The lowest BCUT2D eigenvalue weighted by Gasteiger charge is -2.10. The molecule has 6 heteroatoms. The van der Waals surface area contributed by atoms with Crippen molar-refractivity contribution in [2.45, 2.75) is 13.1 Å². The molecule has 0 fully saturated rings. The molecule has 0 aliphatic rings. The summed E-state index contributed by atoms with van der Waals surface area (Å²) in [4.78, 5) is 4.14. The van der Waals surface area contributed by atoms with Gasteiger partial charge in [0.15, 0.2) is 0 Å². The van der Waals surface area contributed by atoms with Crippen molar-refractivity contribution in [2.24, 2.45) is 0 Å². The van der Waals surface area contributed by atoms with Gasteiger partial charge in [-0.05, 0) is 30.0 Å². The zero-order chi connectivity index (χ0) is 13.6. The van der Waals surface area contributed by atoms with E-state index in [-0.39, 0.29) is 0 Å². The molecule has 0 saturated heterocycles.